The number of aliphatic hydroxyl groups excluding tert-OH is 3. The van der Waals surface area contributed by atoms with Crippen LogP contribution in [0.25, 0.3) is 0 Å². The number of aromatic amines is 1. The van der Waals surface area contributed by atoms with Gasteiger partial charge in [0.1, 0.15) is 35.6 Å². The summed E-state index contributed by atoms with van der Waals surface area (Å²) in [5.41, 5.74) is 0.350. The van der Waals surface area contributed by atoms with E-state index < -0.39 is 47.8 Å². The molecule has 1 saturated heterocycles. The van der Waals surface area contributed by atoms with Crippen LogP contribution in [-0.2, 0) is 24.5 Å². The first kappa shape index (κ1) is 34.8. The van der Waals surface area contributed by atoms with Gasteiger partial charge >= 0.3 is 11.7 Å². The molecular weight excluding hydrogens is 610 g/mol. The Balaban J connectivity index is 0.000000385. The Morgan fingerprint density at radius 1 is 0.872 bits per heavy atom. The molecule has 5 atom stereocenters. The molecule has 2 unspecified atom stereocenters. The summed E-state index contributed by atoms with van der Waals surface area (Å²) in [7, 11) is 3.13. The molecule has 248 valence electrons. The van der Waals surface area contributed by atoms with Crippen LogP contribution in [0, 0.1) is 0 Å². The number of anilines is 1. The number of benzene rings is 3. The van der Waals surface area contributed by atoms with Gasteiger partial charge in [-0.1, -0.05) is 54.6 Å². The first-order valence-electron chi connectivity index (χ1n) is 14.6. The van der Waals surface area contributed by atoms with Gasteiger partial charge in [0.25, 0.3) is 0 Å². The highest BCUT2D eigenvalue weighted by Crippen LogP contribution is 2.46. The van der Waals surface area contributed by atoms with Crippen LogP contribution in [0.1, 0.15) is 30.5 Å². The summed E-state index contributed by atoms with van der Waals surface area (Å²) in [6, 6.07) is 25.3. The average molecular weight is 648 g/mol. The van der Waals surface area contributed by atoms with E-state index in [1.165, 1.54) is 26.1 Å². The Labute approximate surface area is 270 Å². The van der Waals surface area contributed by atoms with Gasteiger partial charge in [0.05, 0.1) is 19.6 Å². The second kappa shape index (κ2) is 15.5. The van der Waals surface area contributed by atoms with Crippen molar-refractivity contribution in [2.24, 2.45) is 0 Å². The zero-order chi connectivity index (χ0) is 34.1. The van der Waals surface area contributed by atoms with Crippen LogP contribution >= 0.6 is 0 Å². The number of carbonyl (C=O) groups is 2. The molecule has 5 N–H and O–H groups in total. The standard InChI is InChI=1S/C28H30O8.C6H7N3O2/c1-17(29)35-25-23(30)24(36-27(25)32)26(31)28(18-7-5-4-6-8-18,19-9-13-21(33-2)14-10-19)20-11-15-22(34-3)16-12-20;1-4(10)8-5-2-3-7-6(11)9-5/h4-16,23-27,30-32H,1-3H3;2-3H,1H3,(H2,7,8,9,10,11)/t23-,24+,25+,26?,27?;/m1./s1. The summed E-state index contributed by atoms with van der Waals surface area (Å²) in [5, 5.41) is 36.0. The van der Waals surface area contributed by atoms with Crippen molar-refractivity contribution in [1.82, 2.24) is 9.97 Å². The maximum absolute atomic E-state index is 12.1. The second-order valence-electron chi connectivity index (χ2n) is 10.6. The third kappa shape index (κ3) is 7.84. The van der Waals surface area contributed by atoms with E-state index in [-0.39, 0.29) is 5.91 Å². The van der Waals surface area contributed by atoms with Crippen molar-refractivity contribution in [2.45, 2.75) is 50.0 Å². The molecule has 0 aliphatic carbocycles. The van der Waals surface area contributed by atoms with E-state index in [0.29, 0.717) is 34.0 Å². The first-order chi connectivity index (χ1) is 22.5. The van der Waals surface area contributed by atoms with Gasteiger partial charge in [-0.2, -0.15) is 0 Å². The van der Waals surface area contributed by atoms with E-state index >= 15 is 0 Å². The minimum absolute atomic E-state index is 0.230. The molecule has 0 radical (unpaired) electrons. The Kier molecular flexibility index (Phi) is 11.5. The molecule has 0 saturated carbocycles. The van der Waals surface area contributed by atoms with Gasteiger partial charge in [0.2, 0.25) is 5.91 Å². The number of hydrogen-bond donors (Lipinski definition) is 5. The Morgan fingerprint density at radius 3 is 1.87 bits per heavy atom. The molecule has 3 aromatic carbocycles. The van der Waals surface area contributed by atoms with Crippen LogP contribution in [0.4, 0.5) is 5.82 Å². The van der Waals surface area contributed by atoms with Crippen LogP contribution in [0.3, 0.4) is 0 Å². The fraction of sp³-hybridized carbons (Fsp3) is 0.294. The van der Waals surface area contributed by atoms with Crippen LogP contribution in [-0.4, -0.2) is 82.1 Å². The molecule has 1 aliphatic rings. The number of amides is 1. The number of methoxy groups -OCH3 is 2. The summed E-state index contributed by atoms with van der Waals surface area (Å²) in [6.07, 6.45) is -5.84. The SMILES string of the molecule is CC(=O)Nc1ccnc(=O)[nH]1.COc1ccc(C(c2ccccc2)(c2ccc(OC)cc2)C(O)[C@H]2OC(O)[C@@H](OC(C)=O)[C@@H]2O)cc1. The molecule has 4 aromatic rings. The molecule has 1 aromatic heterocycles. The number of H-pyrrole nitrogens is 1. The van der Waals surface area contributed by atoms with E-state index in [4.69, 9.17) is 18.9 Å². The van der Waals surface area contributed by atoms with Crippen molar-refractivity contribution in [3.8, 4) is 11.5 Å². The van der Waals surface area contributed by atoms with Crippen LogP contribution in [0.2, 0.25) is 0 Å². The number of ether oxygens (including phenoxy) is 4. The molecular formula is C34H37N3O10. The number of aliphatic hydroxyl groups is 3. The summed E-state index contributed by atoms with van der Waals surface area (Å²) >= 11 is 0. The predicted molar refractivity (Wildman–Crippen MR) is 170 cm³/mol. The highest BCUT2D eigenvalue weighted by Gasteiger charge is 2.55. The van der Waals surface area contributed by atoms with E-state index in [1.807, 2.05) is 54.6 Å². The van der Waals surface area contributed by atoms with Crippen molar-refractivity contribution in [3.63, 3.8) is 0 Å². The number of rotatable bonds is 9. The number of aromatic nitrogens is 2. The lowest BCUT2D eigenvalue weighted by atomic mass is 9.64. The van der Waals surface area contributed by atoms with Gasteiger partial charge in [-0.3, -0.25) is 14.6 Å². The van der Waals surface area contributed by atoms with Gasteiger partial charge in [-0.25, -0.2) is 9.78 Å². The molecule has 0 bridgehead atoms. The minimum Gasteiger partial charge on any atom is -0.497 e. The third-order valence-corrected chi connectivity index (χ3v) is 7.61. The van der Waals surface area contributed by atoms with Crippen molar-refractivity contribution in [2.75, 3.05) is 19.5 Å². The van der Waals surface area contributed by atoms with Gasteiger partial charge < -0.3 is 39.6 Å². The highest BCUT2D eigenvalue weighted by molar-refractivity contribution is 5.87. The topological polar surface area (TPSA) is 190 Å². The smallest absolute Gasteiger partial charge is 0.346 e. The summed E-state index contributed by atoms with van der Waals surface area (Å²) in [6.45, 7) is 2.53. The van der Waals surface area contributed by atoms with E-state index in [0.717, 1.165) is 0 Å². The lowest BCUT2D eigenvalue weighted by Crippen LogP contribution is -2.52. The van der Waals surface area contributed by atoms with E-state index in [2.05, 4.69) is 15.3 Å². The molecule has 13 nitrogen and oxygen atoms in total. The minimum atomic E-state index is -1.61. The predicted octanol–water partition coefficient (Wildman–Crippen LogP) is 2.14. The monoisotopic (exact) mass is 647 g/mol. The Morgan fingerprint density at radius 2 is 1.40 bits per heavy atom. The second-order valence-corrected chi connectivity index (χ2v) is 10.6. The third-order valence-electron chi connectivity index (χ3n) is 7.61. The fourth-order valence-electron chi connectivity index (χ4n) is 5.55. The van der Waals surface area contributed by atoms with E-state index in [1.54, 1.807) is 38.5 Å². The quantitative estimate of drug-likeness (QED) is 0.132. The van der Waals surface area contributed by atoms with Gasteiger partial charge in [0, 0.05) is 20.0 Å². The molecule has 0 spiro atoms. The van der Waals surface area contributed by atoms with Crippen molar-refractivity contribution >= 4 is 17.7 Å². The molecule has 2 heterocycles. The van der Waals surface area contributed by atoms with Crippen molar-refractivity contribution in [1.29, 1.82) is 0 Å². The van der Waals surface area contributed by atoms with Gasteiger partial charge in [-0.15, -0.1) is 0 Å². The lowest BCUT2D eigenvalue weighted by molar-refractivity contribution is -0.174. The molecule has 5 rings (SSSR count). The zero-order valence-electron chi connectivity index (χ0n) is 26.2. The van der Waals surface area contributed by atoms with Crippen molar-refractivity contribution in [3.05, 3.63) is 118 Å². The Bertz CT molecular complexity index is 1630. The molecule has 1 amide bonds. The van der Waals surface area contributed by atoms with E-state index in [9.17, 15) is 29.7 Å². The van der Waals surface area contributed by atoms with Crippen LogP contribution in [0.15, 0.2) is 95.9 Å². The number of hydrogen-bond acceptors (Lipinski definition) is 11. The summed E-state index contributed by atoms with van der Waals surface area (Å²) < 4.78 is 21.4. The normalized spacial score (nSPS) is 19.5. The maximum Gasteiger partial charge on any atom is 0.346 e. The maximum atomic E-state index is 12.1. The van der Waals surface area contributed by atoms with Gasteiger partial charge in [0.15, 0.2) is 12.4 Å². The zero-order valence-corrected chi connectivity index (χ0v) is 26.2. The van der Waals surface area contributed by atoms with Crippen LogP contribution < -0.4 is 20.5 Å². The number of nitrogens with one attached hydrogen (secondary N) is 2. The first-order valence-corrected chi connectivity index (χ1v) is 14.6. The number of esters is 1. The Hall–Kier alpha value is -5.08. The highest BCUT2D eigenvalue weighted by atomic mass is 16.7. The number of nitrogens with zero attached hydrogens (tertiary/aromatic N) is 1. The molecule has 47 heavy (non-hydrogen) atoms. The average Bonchev–Trinajstić information content (AvgIpc) is 3.34. The molecule has 1 aliphatic heterocycles. The molecule has 13 heteroatoms. The summed E-state index contributed by atoms with van der Waals surface area (Å²) in [5.74, 6) is 0.709. The lowest BCUT2D eigenvalue weighted by Gasteiger charge is -2.42. The van der Waals surface area contributed by atoms with Crippen LogP contribution in [0.5, 0.6) is 11.5 Å². The summed E-state index contributed by atoms with van der Waals surface area (Å²) in [4.78, 5) is 38.3. The van der Waals surface area contributed by atoms with Gasteiger partial charge in [-0.05, 0) is 47.0 Å². The fourth-order valence-corrected chi connectivity index (χ4v) is 5.55. The van der Waals surface area contributed by atoms with Crippen molar-refractivity contribution < 1.29 is 43.9 Å². The number of carbonyl (C=O) groups excluding carboxylic acids is 2. The largest absolute Gasteiger partial charge is 0.497 e. The molecule has 1 fully saturated rings.